The van der Waals surface area contributed by atoms with Gasteiger partial charge < -0.3 is 53.0 Å². The van der Waals surface area contributed by atoms with E-state index in [9.17, 15) is 45.8 Å². The molecule has 26 heteroatoms. The Labute approximate surface area is 813 Å². The van der Waals surface area contributed by atoms with Crippen LogP contribution in [0.3, 0.4) is 0 Å². The molecule has 0 bridgehead atoms. The minimum Gasteiger partial charge on any atom is -0.508 e. The number of carbonyl (C=O) groups excluding carboxylic acids is 3. The number of phenolic OH excluding ortho intramolecular Hbond substituents is 1. The monoisotopic (exact) mass is 1900 g/mol. The third kappa shape index (κ3) is 60.9. The molecule has 0 saturated heterocycles. The summed E-state index contributed by atoms with van der Waals surface area (Å²) in [5.74, 6) is 4.36. The number of nitrogens with two attached hydrogens (primary N) is 4. The van der Waals surface area contributed by atoms with E-state index in [2.05, 4.69) is 235 Å². The lowest BCUT2D eigenvalue weighted by Gasteiger charge is -2.21. The molecular formula is C110H154ClF6N13O6. The fraction of sp³-hybridized carbons (Fsp3) is 0.445. The Morgan fingerprint density at radius 1 is 0.441 bits per heavy atom. The highest BCUT2D eigenvalue weighted by Gasteiger charge is 2.32. The largest absolute Gasteiger partial charge is 0.573 e. The molecule has 0 unspecified atom stereocenters. The number of guanidine groups is 2. The topological polar surface area (TPSA) is 318 Å². The quantitative estimate of drug-likeness (QED) is 0.00643. The molecule has 4 amide bonds. The van der Waals surface area contributed by atoms with Gasteiger partial charge in [-0.05, 0) is 267 Å². The van der Waals surface area contributed by atoms with Gasteiger partial charge in [-0.2, -0.15) is 10.5 Å². The average Bonchev–Trinajstić information content (AvgIpc) is 0.824. The summed E-state index contributed by atoms with van der Waals surface area (Å²) in [6.07, 6.45) is 3.04. The Morgan fingerprint density at radius 2 is 0.809 bits per heavy atom. The fourth-order valence-electron chi connectivity index (χ4n) is 13.4. The van der Waals surface area contributed by atoms with Crippen molar-refractivity contribution in [1.82, 2.24) is 26.2 Å². The number of amides is 4. The summed E-state index contributed by atoms with van der Waals surface area (Å²) >= 11 is 5.71. The van der Waals surface area contributed by atoms with Crippen molar-refractivity contribution in [1.29, 1.82) is 10.5 Å². The molecule has 0 heterocycles. The van der Waals surface area contributed by atoms with Gasteiger partial charge in [0, 0.05) is 49.5 Å². The van der Waals surface area contributed by atoms with Crippen molar-refractivity contribution < 1.29 is 55.3 Å². The molecule has 0 saturated carbocycles. The van der Waals surface area contributed by atoms with Crippen LogP contribution in [0.4, 0.5) is 42.5 Å². The van der Waals surface area contributed by atoms with Crippen molar-refractivity contribution in [3.05, 3.63) is 289 Å². The van der Waals surface area contributed by atoms with E-state index < -0.39 is 18.8 Å². The number of benzene rings is 9. The molecule has 19 nitrogen and oxygen atoms in total. The standard InChI is InChI=1S/C14H21NO.C14H22O.C13H18N4.C13H19NO.C12H16N4.C12H18N2O.C11H12ClF3O.C11H13F3O.C10H15N/c1-14(2,3)10-11-6-8-12(9-7-11)13(16)15(4)5;1-10(2)8-11-6-7-12(13(15)9-11)14(3,4)5;1-10(2)6-11-4-3-5-12(7-11)8-16-13(15)17-9-14;1-13(2,3)9-10-5-7-11(8-6-10)12(15)14-4;1-9(2)6-10-4-3-5-11(7-10)16-12(14)15-8-13;1-9(2)6-10-4-3-5-11(7-10)8-14-12(13)15;1-7(2)3-8-4-9(12)6-10(5-8)16-11(13,14)15;1-8(2)7-9-3-5-10(6-4-9)15-11(12,13)14;1-8(2)7-9-3-5-10(11)6-4-9/h6-9H,10H2,1-5H3;6-7,9-10,15H,8H2,1-5H3;3-5,7,10H,6,8H2,1-2H3,(H3,15,16,17);5-8H,9H2,1-4H3,(H,14,15);3-5,7,9H,6H2,1-2H3,(H3,14,15,16);3-5,7,9H,6,8H2,1-2H3,(H3,13,14,15);4-7H,3H2,1-2H3;3-6,8H,7H2,1-2H3;3-6,8H,7,11H2,1-2H3. The minimum atomic E-state index is -4.68. The first-order chi connectivity index (χ1) is 63.1. The van der Waals surface area contributed by atoms with Crippen LogP contribution in [0, 0.1) is 75.2 Å². The van der Waals surface area contributed by atoms with Crippen molar-refractivity contribution in [3.8, 4) is 29.6 Å². The van der Waals surface area contributed by atoms with E-state index in [4.69, 9.17) is 45.1 Å². The Balaban J connectivity index is 0.000000766. The summed E-state index contributed by atoms with van der Waals surface area (Å²) < 4.78 is 79.1. The highest BCUT2D eigenvalue weighted by atomic mass is 35.5. The average molecular weight is 1900 g/mol. The van der Waals surface area contributed by atoms with Crippen molar-refractivity contribution in [2.45, 2.75) is 248 Å². The summed E-state index contributed by atoms with van der Waals surface area (Å²) in [6, 6.07) is 63.8. The molecule has 0 aliphatic carbocycles. The molecule has 9 aromatic rings. The van der Waals surface area contributed by atoms with E-state index >= 15 is 0 Å². The van der Waals surface area contributed by atoms with Crippen LogP contribution in [-0.4, -0.2) is 73.6 Å². The third-order valence-electron chi connectivity index (χ3n) is 18.6. The van der Waals surface area contributed by atoms with E-state index in [1.165, 1.54) is 57.1 Å². The maximum absolute atomic E-state index is 12.0. The van der Waals surface area contributed by atoms with Crippen LogP contribution in [0.2, 0.25) is 5.02 Å². The summed E-state index contributed by atoms with van der Waals surface area (Å²) in [5, 5.41) is 36.7. The van der Waals surface area contributed by atoms with Crippen LogP contribution < -0.4 is 53.7 Å². The van der Waals surface area contributed by atoms with Crippen molar-refractivity contribution in [2.75, 3.05) is 26.9 Å². The van der Waals surface area contributed by atoms with Crippen LogP contribution in [0.5, 0.6) is 17.2 Å². The number of rotatable bonds is 25. The molecule has 0 aliphatic rings. The molecule has 0 aliphatic heterocycles. The number of primary amides is 1. The minimum absolute atomic E-state index is 0.0143. The maximum Gasteiger partial charge on any atom is 0.573 e. The number of anilines is 1. The zero-order chi connectivity index (χ0) is 103. The molecule has 13 N–H and O–H groups in total. The van der Waals surface area contributed by atoms with Crippen LogP contribution in [0.15, 0.2) is 216 Å². The highest BCUT2D eigenvalue weighted by molar-refractivity contribution is 6.30. The van der Waals surface area contributed by atoms with Gasteiger partial charge in [0.05, 0.1) is 12.2 Å². The lowest BCUT2D eigenvalue weighted by molar-refractivity contribution is -0.275. The fourth-order valence-corrected chi connectivity index (χ4v) is 13.6. The van der Waals surface area contributed by atoms with Gasteiger partial charge in [-0.3, -0.25) is 20.2 Å². The number of alkyl halides is 6. The van der Waals surface area contributed by atoms with Crippen molar-refractivity contribution in [3.63, 3.8) is 0 Å². The van der Waals surface area contributed by atoms with Gasteiger partial charge >= 0.3 is 18.8 Å². The molecule has 9 aromatic carbocycles. The van der Waals surface area contributed by atoms with E-state index in [0.717, 1.165) is 114 Å². The van der Waals surface area contributed by atoms with Gasteiger partial charge in [0.15, 0.2) is 12.4 Å². The zero-order valence-corrected chi connectivity index (χ0v) is 85.9. The van der Waals surface area contributed by atoms with E-state index in [-0.39, 0.29) is 56.5 Å². The number of ether oxygens (including phenoxy) is 2. The Bertz CT molecular complexity index is 5120. The molecule has 0 aromatic heterocycles. The summed E-state index contributed by atoms with van der Waals surface area (Å²) in [6.45, 7) is 50.6. The second kappa shape index (κ2) is 61.7. The number of nitrogen functional groups attached to an aromatic ring is 1. The summed E-state index contributed by atoms with van der Waals surface area (Å²) in [4.78, 5) is 43.3. The van der Waals surface area contributed by atoms with E-state index in [1.807, 2.05) is 129 Å². The molecule has 0 atom stereocenters. The van der Waals surface area contributed by atoms with Crippen LogP contribution >= 0.6 is 11.6 Å². The Morgan fingerprint density at radius 3 is 1.21 bits per heavy atom. The summed E-state index contributed by atoms with van der Waals surface area (Å²) in [5.41, 5.74) is 39.1. The molecule has 0 spiro atoms. The maximum atomic E-state index is 12.0. The predicted molar refractivity (Wildman–Crippen MR) is 549 cm³/mol. The first kappa shape index (κ1) is 122. The van der Waals surface area contributed by atoms with Gasteiger partial charge in [-0.25, -0.2) is 14.8 Å². The van der Waals surface area contributed by atoms with Gasteiger partial charge in [0.2, 0.25) is 11.9 Å². The number of halogens is 7. The SMILES string of the molecule is CC(C)Cc1cc(Cl)cc(OC(F)(F)F)c1.CC(C)Cc1ccc(C(C)(C)C)c(O)c1.CC(C)Cc1ccc(N)cc1.CC(C)Cc1ccc(OC(F)(F)F)cc1.CC(C)Cc1cccc(CN=C(N)NC#N)c1.CC(C)Cc1cccc(CNC(N)=O)c1.CC(C)Cc1cccc(N=C(N)NC#N)c1.CN(C)C(=O)c1ccc(CC(C)(C)C)cc1.CNC(=O)c1ccc(CC(C)(C)C)cc1. The third-order valence-corrected chi connectivity index (χ3v) is 18.8. The highest BCUT2D eigenvalue weighted by Crippen LogP contribution is 2.33. The van der Waals surface area contributed by atoms with Gasteiger partial charge in [-0.15, -0.1) is 26.3 Å². The first-order valence-corrected chi connectivity index (χ1v) is 46.4. The van der Waals surface area contributed by atoms with E-state index in [0.29, 0.717) is 60.8 Å². The number of nitrogens with one attached hydrogen (secondary N) is 4. The molecule has 744 valence electrons. The van der Waals surface area contributed by atoms with Crippen LogP contribution in [0.25, 0.3) is 0 Å². The van der Waals surface area contributed by atoms with Crippen LogP contribution in [-0.2, 0) is 76.3 Å². The number of carbonyl (C=O) groups is 3. The lowest BCUT2D eigenvalue weighted by Crippen LogP contribution is -2.28. The predicted octanol–water partition coefficient (Wildman–Crippen LogP) is 25.9. The second-order valence-corrected chi connectivity index (χ2v) is 40.3. The molecule has 0 radical (unpaired) electrons. The van der Waals surface area contributed by atoms with Gasteiger partial charge in [0.1, 0.15) is 17.2 Å². The first-order valence-electron chi connectivity index (χ1n) is 46.0. The number of hydrogen-bond acceptors (Lipinski definition) is 11. The summed E-state index contributed by atoms with van der Waals surface area (Å²) in [7, 11) is 5.18. The number of phenols is 1. The number of hydrogen-bond donors (Lipinski definition) is 9. The molecular weight excluding hydrogens is 1750 g/mol. The number of aliphatic imine (C=N–C) groups is 2. The number of urea groups is 1. The van der Waals surface area contributed by atoms with Crippen molar-refractivity contribution >= 4 is 52.7 Å². The van der Waals surface area contributed by atoms with Crippen LogP contribution in [0.1, 0.15) is 247 Å². The second-order valence-electron chi connectivity index (χ2n) is 39.9. The molecule has 0 fully saturated rings. The zero-order valence-electron chi connectivity index (χ0n) is 85.1. The number of nitrogens with zero attached hydrogens (tertiary/aromatic N) is 5. The van der Waals surface area contributed by atoms with Gasteiger partial charge in [0.25, 0.3) is 11.8 Å². The molecule has 9 rings (SSSR count). The van der Waals surface area contributed by atoms with E-state index in [1.54, 1.807) is 56.6 Å². The number of nitriles is 2. The molecule has 136 heavy (non-hydrogen) atoms. The smallest absolute Gasteiger partial charge is 0.508 e. The van der Waals surface area contributed by atoms with Crippen molar-refractivity contribution in [2.24, 2.45) is 79.4 Å². The number of aromatic hydroxyl groups is 1. The Hall–Kier alpha value is -12.2. The Kier molecular flexibility index (Phi) is 55.3. The van der Waals surface area contributed by atoms with Gasteiger partial charge in [-0.1, -0.05) is 292 Å². The normalized spacial score (nSPS) is 11.3. The lowest BCUT2D eigenvalue weighted by atomic mass is 9.85.